The summed E-state index contributed by atoms with van der Waals surface area (Å²) in [4.78, 5) is 23.5. The monoisotopic (exact) mass is 322 g/mol. The van der Waals surface area contributed by atoms with Crippen molar-refractivity contribution >= 4 is 11.9 Å². The van der Waals surface area contributed by atoms with Gasteiger partial charge in [-0.15, -0.1) is 0 Å². The molecular weight excluding hydrogens is 296 g/mol. The van der Waals surface area contributed by atoms with Crippen molar-refractivity contribution in [3.05, 3.63) is 35.9 Å². The van der Waals surface area contributed by atoms with Gasteiger partial charge in [0.05, 0.1) is 12.7 Å². The van der Waals surface area contributed by atoms with E-state index in [0.29, 0.717) is 6.61 Å². The minimum atomic E-state index is -0.860. The number of amides is 1. The highest BCUT2D eigenvalue weighted by molar-refractivity contribution is 5.86. The molecule has 1 amide bonds. The molecule has 6 heteroatoms. The first-order valence-electron chi connectivity index (χ1n) is 7.59. The van der Waals surface area contributed by atoms with E-state index in [9.17, 15) is 9.59 Å². The van der Waals surface area contributed by atoms with Crippen LogP contribution in [0, 0.1) is 0 Å². The number of esters is 1. The number of benzene rings is 1. The lowest BCUT2D eigenvalue weighted by atomic mass is 10.1. The molecule has 23 heavy (non-hydrogen) atoms. The van der Waals surface area contributed by atoms with Gasteiger partial charge in [0.25, 0.3) is 0 Å². The number of carbonyl (C=O) groups excluding carboxylic acids is 2. The molecule has 0 aliphatic rings. The van der Waals surface area contributed by atoms with Gasteiger partial charge in [0.15, 0.2) is 0 Å². The van der Waals surface area contributed by atoms with Crippen LogP contribution < -0.4 is 11.1 Å². The molecule has 0 radical (unpaired) electrons. The fraction of sp³-hybridized carbons (Fsp3) is 0.529. The SMILES string of the molecule is C[C@@H](OCc1ccccc1)[C@H](N)C(=O)NCC(=O)OC(C)(C)C. The second-order valence-corrected chi connectivity index (χ2v) is 6.33. The van der Waals surface area contributed by atoms with Crippen molar-refractivity contribution in [3.63, 3.8) is 0 Å². The van der Waals surface area contributed by atoms with Crippen molar-refractivity contribution in [3.8, 4) is 0 Å². The summed E-state index contributed by atoms with van der Waals surface area (Å²) in [5.74, 6) is -0.952. The molecule has 0 heterocycles. The summed E-state index contributed by atoms with van der Waals surface area (Å²) in [7, 11) is 0. The van der Waals surface area contributed by atoms with E-state index in [0.717, 1.165) is 5.56 Å². The largest absolute Gasteiger partial charge is 0.459 e. The third-order valence-electron chi connectivity index (χ3n) is 2.99. The lowest BCUT2D eigenvalue weighted by Gasteiger charge is -2.22. The molecule has 0 saturated heterocycles. The van der Waals surface area contributed by atoms with E-state index in [1.807, 2.05) is 30.3 Å². The molecule has 1 rings (SSSR count). The van der Waals surface area contributed by atoms with E-state index < -0.39 is 29.6 Å². The Morgan fingerprint density at radius 1 is 1.22 bits per heavy atom. The summed E-state index contributed by atoms with van der Waals surface area (Å²) in [5.41, 5.74) is 6.26. The highest BCUT2D eigenvalue weighted by atomic mass is 16.6. The van der Waals surface area contributed by atoms with E-state index in [-0.39, 0.29) is 6.54 Å². The lowest BCUT2D eigenvalue weighted by Crippen LogP contribution is -2.49. The van der Waals surface area contributed by atoms with Crippen molar-refractivity contribution in [2.24, 2.45) is 5.73 Å². The zero-order valence-corrected chi connectivity index (χ0v) is 14.2. The summed E-state index contributed by atoms with van der Waals surface area (Å²) < 4.78 is 10.7. The quantitative estimate of drug-likeness (QED) is 0.740. The Bertz CT molecular complexity index is 511. The molecule has 1 aromatic carbocycles. The van der Waals surface area contributed by atoms with Crippen molar-refractivity contribution in [2.75, 3.05) is 6.54 Å². The van der Waals surface area contributed by atoms with Gasteiger partial charge < -0.3 is 20.5 Å². The van der Waals surface area contributed by atoms with E-state index >= 15 is 0 Å². The number of rotatable bonds is 7. The number of hydrogen-bond acceptors (Lipinski definition) is 5. The molecule has 0 aliphatic carbocycles. The zero-order valence-electron chi connectivity index (χ0n) is 14.2. The molecule has 0 aliphatic heterocycles. The molecule has 0 unspecified atom stereocenters. The number of nitrogens with two attached hydrogens (primary N) is 1. The van der Waals surface area contributed by atoms with Crippen LogP contribution in [0.4, 0.5) is 0 Å². The second-order valence-electron chi connectivity index (χ2n) is 6.33. The molecule has 0 aromatic heterocycles. The second kappa shape index (κ2) is 8.64. The molecule has 0 saturated carbocycles. The topological polar surface area (TPSA) is 90.6 Å². The first kappa shape index (κ1) is 19.1. The molecule has 0 bridgehead atoms. The lowest BCUT2D eigenvalue weighted by molar-refractivity contribution is -0.154. The van der Waals surface area contributed by atoms with Gasteiger partial charge in [-0.1, -0.05) is 30.3 Å². The Labute approximate surface area is 137 Å². The summed E-state index contributed by atoms with van der Waals surface area (Å²) in [6, 6.07) is 8.75. The first-order valence-corrected chi connectivity index (χ1v) is 7.59. The number of ether oxygens (including phenoxy) is 2. The van der Waals surface area contributed by atoms with Crippen LogP contribution in [0.2, 0.25) is 0 Å². The fourth-order valence-corrected chi connectivity index (χ4v) is 1.77. The summed E-state index contributed by atoms with van der Waals surface area (Å²) in [6.07, 6.45) is -0.478. The first-order chi connectivity index (χ1) is 10.7. The predicted octanol–water partition coefficient (Wildman–Crippen LogP) is 1.38. The van der Waals surface area contributed by atoms with Crippen LogP contribution in [0.25, 0.3) is 0 Å². The minimum absolute atomic E-state index is 0.213. The Morgan fingerprint density at radius 2 is 1.83 bits per heavy atom. The van der Waals surface area contributed by atoms with Crippen molar-refractivity contribution in [2.45, 2.75) is 52.0 Å². The molecule has 0 spiro atoms. The summed E-state index contributed by atoms with van der Waals surface area (Å²) in [5, 5.41) is 2.47. The standard InChI is InChI=1S/C17H26N2O4/c1-12(22-11-13-8-6-5-7-9-13)15(18)16(21)19-10-14(20)23-17(2,3)4/h5-9,12,15H,10-11,18H2,1-4H3,(H,19,21)/t12-,15+/m1/s1. The smallest absolute Gasteiger partial charge is 0.325 e. The van der Waals surface area contributed by atoms with Gasteiger partial charge in [0, 0.05) is 0 Å². The Kier molecular flexibility index (Phi) is 7.19. The molecule has 128 valence electrons. The van der Waals surface area contributed by atoms with Gasteiger partial charge in [0.1, 0.15) is 18.2 Å². The minimum Gasteiger partial charge on any atom is -0.459 e. The van der Waals surface area contributed by atoms with Crippen LogP contribution in [-0.4, -0.2) is 36.2 Å². The van der Waals surface area contributed by atoms with Gasteiger partial charge in [0.2, 0.25) is 5.91 Å². The zero-order chi connectivity index (χ0) is 17.5. The Morgan fingerprint density at radius 3 is 2.39 bits per heavy atom. The molecule has 2 atom stereocenters. The molecular formula is C17H26N2O4. The average Bonchev–Trinajstić information content (AvgIpc) is 2.48. The third-order valence-corrected chi connectivity index (χ3v) is 2.99. The van der Waals surface area contributed by atoms with Crippen LogP contribution in [0.3, 0.4) is 0 Å². The number of hydrogen-bond donors (Lipinski definition) is 2. The highest BCUT2D eigenvalue weighted by Gasteiger charge is 2.23. The maximum Gasteiger partial charge on any atom is 0.325 e. The molecule has 1 aromatic rings. The summed E-state index contributed by atoms with van der Waals surface area (Å²) >= 11 is 0. The predicted molar refractivity (Wildman–Crippen MR) is 87.5 cm³/mol. The average molecular weight is 322 g/mol. The van der Waals surface area contributed by atoms with Gasteiger partial charge >= 0.3 is 5.97 Å². The fourth-order valence-electron chi connectivity index (χ4n) is 1.77. The van der Waals surface area contributed by atoms with Crippen molar-refractivity contribution in [1.82, 2.24) is 5.32 Å². The maximum absolute atomic E-state index is 11.9. The van der Waals surface area contributed by atoms with Crippen LogP contribution in [0.5, 0.6) is 0 Å². The van der Waals surface area contributed by atoms with Crippen LogP contribution in [0.15, 0.2) is 30.3 Å². The van der Waals surface area contributed by atoms with E-state index in [2.05, 4.69) is 5.32 Å². The molecule has 3 N–H and O–H groups in total. The van der Waals surface area contributed by atoms with Gasteiger partial charge in [-0.2, -0.15) is 0 Å². The highest BCUT2D eigenvalue weighted by Crippen LogP contribution is 2.07. The van der Waals surface area contributed by atoms with E-state index in [1.165, 1.54) is 0 Å². The normalized spacial score (nSPS) is 14.0. The number of carbonyl (C=O) groups is 2. The van der Waals surface area contributed by atoms with E-state index in [1.54, 1.807) is 27.7 Å². The molecule has 6 nitrogen and oxygen atoms in total. The molecule has 0 fully saturated rings. The van der Waals surface area contributed by atoms with Crippen molar-refractivity contribution in [1.29, 1.82) is 0 Å². The van der Waals surface area contributed by atoms with Crippen LogP contribution in [0.1, 0.15) is 33.3 Å². The number of nitrogens with one attached hydrogen (secondary N) is 1. The van der Waals surface area contributed by atoms with Gasteiger partial charge in [-0.25, -0.2) is 0 Å². The Balaban J connectivity index is 2.36. The summed E-state index contributed by atoms with van der Waals surface area (Å²) in [6.45, 7) is 7.17. The van der Waals surface area contributed by atoms with E-state index in [4.69, 9.17) is 15.2 Å². The maximum atomic E-state index is 11.9. The third kappa shape index (κ3) is 7.76. The van der Waals surface area contributed by atoms with Gasteiger partial charge in [-0.05, 0) is 33.3 Å². The Hall–Kier alpha value is -1.92. The van der Waals surface area contributed by atoms with Gasteiger partial charge in [-0.3, -0.25) is 9.59 Å². The van der Waals surface area contributed by atoms with Crippen LogP contribution >= 0.6 is 0 Å². The van der Waals surface area contributed by atoms with Crippen molar-refractivity contribution < 1.29 is 19.1 Å². The van der Waals surface area contributed by atoms with Crippen LogP contribution in [-0.2, 0) is 25.7 Å².